The summed E-state index contributed by atoms with van der Waals surface area (Å²) in [6.45, 7) is 1.96. The highest BCUT2D eigenvalue weighted by atomic mass is 32.2. The number of rotatable bonds is 3. The molecule has 8 heteroatoms. The summed E-state index contributed by atoms with van der Waals surface area (Å²) in [5, 5.41) is 6.57. The first-order chi connectivity index (χ1) is 9.54. The number of aryl methyl sites for hydroxylation is 1. The maximum atomic E-state index is 12.2. The smallest absolute Gasteiger partial charge is 0.264 e. The molecule has 0 aliphatic heterocycles. The number of hydrogen-bond donors (Lipinski definition) is 2. The van der Waals surface area contributed by atoms with Gasteiger partial charge < -0.3 is 5.10 Å². The number of thioether (sulfide) groups is 1. The third-order valence-electron chi connectivity index (χ3n) is 2.86. The number of nitrogens with one attached hydrogen (secondary N) is 2. The van der Waals surface area contributed by atoms with Crippen molar-refractivity contribution in [2.75, 3.05) is 0 Å². The summed E-state index contributed by atoms with van der Waals surface area (Å²) in [5.74, 6) is 0.550. The van der Waals surface area contributed by atoms with E-state index in [4.69, 9.17) is 0 Å². The molecule has 0 aromatic carbocycles. The van der Waals surface area contributed by atoms with Crippen LogP contribution in [0.4, 0.5) is 0 Å². The highest BCUT2D eigenvalue weighted by molar-refractivity contribution is 7.98. The summed E-state index contributed by atoms with van der Waals surface area (Å²) in [6, 6.07) is 3.37. The molecule has 0 fully saturated rings. The highest BCUT2D eigenvalue weighted by Gasteiger charge is 2.11. The molecule has 0 radical (unpaired) electrons. The molecule has 104 valence electrons. The van der Waals surface area contributed by atoms with Crippen LogP contribution in [0.5, 0.6) is 0 Å². The van der Waals surface area contributed by atoms with E-state index in [1.807, 2.05) is 13.0 Å². The Labute approximate surface area is 121 Å². The van der Waals surface area contributed by atoms with Crippen LogP contribution in [-0.2, 0) is 12.8 Å². The van der Waals surface area contributed by atoms with Crippen LogP contribution in [0.25, 0.3) is 10.2 Å². The molecular formula is C12H12N4O2S2. The number of hydrogen-bond acceptors (Lipinski definition) is 5. The summed E-state index contributed by atoms with van der Waals surface area (Å²) in [5.41, 5.74) is 0.577. The first kappa shape index (κ1) is 13.2. The van der Waals surface area contributed by atoms with Gasteiger partial charge in [-0.2, -0.15) is 0 Å². The Hall–Kier alpha value is -1.80. The van der Waals surface area contributed by atoms with Crippen LogP contribution in [0, 0.1) is 6.92 Å². The van der Waals surface area contributed by atoms with Crippen molar-refractivity contribution < 1.29 is 0 Å². The molecule has 0 unspecified atom stereocenters. The molecule has 20 heavy (non-hydrogen) atoms. The Morgan fingerprint density at radius 1 is 1.35 bits per heavy atom. The Morgan fingerprint density at radius 2 is 2.15 bits per heavy atom. The Bertz CT molecular complexity index is 887. The van der Waals surface area contributed by atoms with Crippen LogP contribution in [0.3, 0.4) is 0 Å². The topological polar surface area (TPSA) is 83.5 Å². The average molecular weight is 308 g/mol. The molecule has 3 heterocycles. The summed E-state index contributed by atoms with van der Waals surface area (Å²) >= 11 is 2.93. The van der Waals surface area contributed by atoms with Gasteiger partial charge in [0.2, 0.25) is 0 Å². The second-order valence-corrected chi connectivity index (χ2v) is 6.58. The minimum absolute atomic E-state index is 0.0376. The van der Waals surface area contributed by atoms with Crippen LogP contribution < -0.4 is 11.1 Å². The van der Waals surface area contributed by atoms with E-state index in [0.29, 0.717) is 16.3 Å². The van der Waals surface area contributed by atoms with Gasteiger partial charge in [0.15, 0.2) is 5.16 Å². The van der Waals surface area contributed by atoms with Crippen LogP contribution in [0.2, 0.25) is 0 Å². The number of H-pyrrole nitrogens is 2. The minimum Gasteiger partial charge on any atom is -0.301 e. The van der Waals surface area contributed by atoms with Crippen LogP contribution in [0.1, 0.15) is 10.6 Å². The largest absolute Gasteiger partial charge is 0.301 e. The number of aromatic amines is 2. The second kappa shape index (κ2) is 4.95. The second-order valence-electron chi connectivity index (χ2n) is 4.41. The molecule has 0 aliphatic rings. The third-order valence-corrected chi connectivity index (χ3v) is 4.89. The Morgan fingerprint density at radius 3 is 2.85 bits per heavy atom. The predicted octanol–water partition coefficient (Wildman–Crippen LogP) is 1.61. The Kier molecular flexibility index (Phi) is 3.27. The molecule has 3 rings (SSSR count). The van der Waals surface area contributed by atoms with Crippen molar-refractivity contribution in [1.82, 2.24) is 19.7 Å². The highest BCUT2D eigenvalue weighted by Crippen LogP contribution is 2.24. The SMILES string of the molecule is Cc1cc2c(=O)n(C)c(SCc3cc(=O)[nH][nH]3)nc2s1. The van der Waals surface area contributed by atoms with E-state index in [-0.39, 0.29) is 11.1 Å². The lowest BCUT2D eigenvalue weighted by atomic mass is 10.4. The maximum Gasteiger partial charge on any atom is 0.264 e. The maximum absolute atomic E-state index is 12.2. The molecule has 3 aromatic rings. The quantitative estimate of drug-likeness (QED) is 0.569. The molecule has 0 amide bonds. The third kappa shape index (κ3) is 2.32. The Balaban J connectivity index is 1.96. The number of fused-ring (bicyclic) bond motifs is 1. The van der Waals surface area contributed by atoms with E-state index in [0.717, 1.165) is 15.4 Å². The van der Waals surface area contributed by atoms with Crippen molar-refractivity contribution in [2.24, 2.45) is 7.05 Å². The normalized spacial score (nSPS) is 11.3. The van der Waals surface area contributed by atoms with E-state index in [1.165, 1.54) is 29.2 Å². The fourth-order valence-corrected chi connectivity index (χ4v) is 3.69. The van der Waals surface area contributed by atoms with Crippen molar-refractivity contribution in [3.63, 3.8) is 0 Å². The van der Waals surface area contributed by atoms with Gasteiger partial charge >= 0.3 is 0 Å². The minimum atomic E-state index is -0.160. The van der Waals surface area contributed by atoms with E-state index in [9.17, 15) is 9.59 Å². The van der Waals surface area contributed by atoms with Gasteiger partial charge in [0, 0.05) is 29.4 Å². The predicted molar refractivity (Wildman–Crippen MR) is 80.6 cm³/mol. The van der Waals surface area contributed by atoms with Crippen LogP contribution in [-0.4, -0.2) is 19.7 Å². The first-order valence-electron chi connectivity index (χ1n) is 5.91. The van der Waals surface area contributed by atoms with Gasteiger partial charge in [0.05, 0.1) is 5.39 Å². The van der Waals surface area contributed by atoms with Crippen LogP contribution >= 0.6 is 23.1 Å². The summed E-state index contributed by atoms with van der Waals surface area (Å²) in [4.78, 5) is 29.6. The van der Waals surface area contributed by atoms with Crippen molar-refractivity contribution >= 4 is 33.3 Å². The van der Waals surface area contributed by atoms with Crippen LogP contribution in [0.15, 0.2) is 26.9 Å². The molecule has 0 spiro atoms. The molecule has 0 aliphatic carbocycles. The van der Waals surface area contributed by atoms with Gasteiger partial charge in [-0.15, -0.1) is 11.3 Å². The van der Waals surface area contributed by atoms with Crippen molar-refractivity contribution in [1.29, 1.82) is 0 Å². The van der Waals surface area contributed by atoms with E-state index in [2.05, 4.69) is 15.2 Å². The van der Waals surface area contributed by atoms with Gasteiger partial charge in [-0.1, -0.05) is 11.8 Å². The number of aromatic nitrogens is 4. The lowest BCUT2D eigenvalue weighted by Gasteiger charge is -2.05. The monoisotopic (exact) mass is 308 g/mol. The van der Waals surface area contributed by atoms with Gasteiger partial charge in [-0.05, 0) is 13.0 Å². The van der Waals surface area contributed by atoms with E-state index >= 15 is 0 Å². The number of thiophene rings is 1. The van der Waals surface area contributed by atoms with E-state index in [1.54, 1.807) is 11.6 Å². The molecule has 0 saturated heterocycles. The molecule has 0 saturated carbocycles. The van der Waals surface area contributed by atoms with Crippen molar-refractivity contribution in [2.45, 2.75) is 17.8 Å². The first-order valence-corrected chi connectivity index (χ1v) is 7.71. The summed E-state index contributed by atoms with van der Waals surface area (Å²) < 4.78 is 1.55. The van der Waals surface area contributed by atoms with Gasteiger partial charge in [0.25, 0.3) is 11.1 Å². The lowest BCUT2D eigenvalue weighted by molar-refractivity contribution is 0.727. The molecule has 6 nitrogen and oxygen atoms in total. The van der Waals surface area contributed by atoms with Gasteiger partial charge in [-0.25, -0.2) is 4.98 Å². The van der Waals surface area contributed by atoms with Crippen molar-refractivity contribution in [3.8, 4) is 0 Å². The summed E-state index contributed by atoms with van der Waals surface area (Å²) in [7, 11) is 1.71. The van der Waals surface area contributed by atoms with Gasteiger partial charge in [-0.3, -0.25) is 19.3 Å². The fourth-order valence-electron chi connectivity index (χ4n) is 1.89. The van der Waals surface area contributed by atoms with E-state index < -0.39 is 0 Å². The zero-order valence-corrected chi connectivity index (χ0v) is 12.5. The molecule has 3 aromatic heterocycles. The van der Waals surface area contributed by atoms with Crippen molar-refractivity contribution in [3.05, 3.63) is 43.4 Å². The molecule has 0 atom stereocenters. The average Bonchev–Trinajstić information content (AvgIpc) is 2.98. The fraction of sp³-hybridized carbons (Fsp3) is 0.250. The standard InChI is InChI=1S/C12H12N4O2S2/c1-6-3-8-10(20-6)13-12(16(2)11(8)18)19-5-7-4-9(17)15-14-7/h3-4H,5H2,1-2H3,(H2,14,15,17). The number of nitrogens with zero attached hydrogens (tertiary/aromatic N) is 2. The zero-order valence-electron chi connectivity index (χ0n) is 10.9. The molecule has 0 bridgehead atoms. The summed E-state index contributed by atoms with van der Waals surface area (Å²) in [6.07, 6.45) is 0. The zero-order chi connectivity index (χ0) is 14.3. The van der Waals surface area contributed by atoms with Gasteiger partial charge in [0.1, 0.15) is 4.83 Å². The molecular weight excluding hydrogens is 296 g/mol. The lowest BCUT2D eigenvalue weighted by Crippen LogP contribution is -2.19. The molecule has 2 N–H and O–H groups in total.